The second-order valence-corrected chi connectivity index (χ2v) is 6.95. The van der Waals surface area contributed by atoms with Crippen molar-refractivity contribution < 1.29 is 4.74 Å². The Morgan fingerprint density at radius 1 is 1.22 bits per heavy atom. The van der Waals surface area contributed by atoms with Crippen LogP contribution in [0.1, 0.15) is 45.4 Å². The summed E-state index contributed by atoms with van der Waals surface area (Å²) in [6.45, 7) is 10.3. The first-order valence-electron chi connectivity index (χ1n) is 8.66. The average molecular weight is 316 g/mol. The van der Waals surface area contributed by atoms with Crippen LogP contribution >= 0.6 is 0 Å². The van der Waals surface area contributed by atoms with E-state index in [0.717, 1.165) is 24.9 Å². The third-order valence-corrected chi connectivity index (χ3v) is 4.77. The Morgan fingerprint density at radius 3 is 2.65 bits per heavy atom. The molecular formula is C18H28N4O. The second-order valence-electron chi connectivity index (χ2n) is 6.95. The predicted molar refractivity (Wildman–Crippen MR) is 94.1 cm³/mol. The smallest absolute Gasteiger partial charge is 0.257 e. The minimum absolute atomic E-state index is 0.500. The number of fused-ring (bicyclic) bond motifs is 3. The molecule has 0 atom stereocenters. The minimum atomic E-state index is 0.500. The predicted octanol–water partition coefficient (Wildman–Crippen LogP) is 2.90. The van der Waals surface area contributed by atoms with Gasteiger partial charge in [-0.05, 0) is 58.6 Å². The van der Waals surface area contributed by atoms with Gasteiger partial charge in [-0.2, -0.15) is 0 Å². The Kier molecular flexibility index (Phi) is 4.48. The normalized spacial score (nSPS) is 14.4. The van der Waals surface area contributed by atoms with E-state index in [1.54, 1.807) is 0 Å². The van der Waals surface area contributed by atoms with E-state index in [0.29, 0.717) is 30.3 Å². The van der Waals surface area contributed by atoms with Crippen molar-refractivity contribution >= 4 is 11.2 Å². The molecule has 126 valence electrons. The maximum Gasteiger partial charge on any atom is 0.257 e. The minimum Gasteiger partial charge on any atom is -0.474 e. The number of hydrogen-bond acceptors (Lipinski definition) is 4. The van der Waals surface area contributed by atoms with Crippen molar-refractivity contribution in [2.75, 3.05) is 18.9 Å². The fourth-order valence-corrected chi connectivity index (χ4v) is 3.61. The molecule has 0 saturated carbocycles. The van der Waals surface area contributed by atoms with E-state index in [9.17, 15) is 0 Å². The Labute approximate surface area is 138 Å². The molecule has 23 heavy (non-hydrogen) atoms. The highest BCUT2D eigenvalue weighted by Crippen LogP contribution is 2.30. The van der Waals surface area contributed by atoms with Crippen LogP contribution in [0.25, 0.3) is 5.52 Å². The number of rotatable bonds is 6. The molecule has 0 bridgehead atoms. The molecule has 0 aliphatic heterocycles. The van der Waals surface area contributed by atoms with Crippen LogP contribution in [0.2, 0.25) is 0 Å². The van der Waals surface area contributed by atoms with Crippen molar-refractivity contribution in [1.29, 1.82) is 0 Å². The van der Waals surface area contributed by atoms with Crippen LogP contribution in [0, 0.1) is 0 Å². The molecule has 1 aliphatic carbocycles. The van der Waals surface area contributed by atoms with Crippen LogP contribution < -0.4 is 10.5 Å². The molecule has 0 unspecified atom stereocenters. The van der Waals surface area contributed by atoms with Gasteiger partial charge in [0.05, 0.1) is 5.52 Å². The third kappa shape index (κ3) is 3.02. The molecular weight excluding hydrogens is 288 g/mol. The number of aromatic nitrogens is 2. The summed E-state index contributed by atoms with van der Waals surface area (Å²) >= 11 is 0. The molecule has 3 rings (SSSR count). The Hall–Kier alpha value is -1.75. The second kappa shape index (κ2) is 6.40. The fraction of sp³-hybridized carbons (Fsp3) is 0.611. The summed E-state index contributed by atoms with van der Waals surface area (Å²) in [5, 5.41) is 4.62. The Balaban J connectivity index is 1.75. The summed E-state index contributed by atoms with van der Waals surface area (Å²) in [6.07, 6.45) is 3.41. The molecule has 2 N–H and O–H groups in total. The van der Waals surface area contributed by atoms with Crippen molar-refractivity contribution in [3.05, 3.63) is 23.4 Å². The lowest BCUT2D eigenvalue weighted by molar-refractivity contribution is 0.140. The zero-order valence-corrected chi connectivity index (χ0v) is 14.7. The molecule has 1 aliphatic rings. The number of ether oxygens (including phenoxy) is 1. The van der Waals surface area contributed by atoms with E-state index >= 15 is 0 Å². The van der Waals surface area contributed by atoms with E-state index in [-0.39, 0.29) is 0 Å². The highest BCUT2D eigenvalue weighted by Gasteiger charge is 2.20. The number of nitrogens with zero attached hydrogens (tertiary/aromatic N) is 3. The van der Waals surface area contributed by atoms with Crippen LogP contribution in [0.5, 0.6) is 5.88 Å². The maximum atomic E-state index is 6.25. The molecule has 0 fully saturated rings. The molecule has 2 aromatic rings. The van der Waals surface area contributed by atoms with Gasteiger partial charge in [-0.15, -0.1) is 5.10 Å². The lowest BCUT2D eigenvalue weighted by Crippen LogP contribution is -2.39. The average Bonchev–Trinajstić information content (AvgIpc) is 3.08. The molecule has 5 heteroatoms. The van der Waals surface area contributed by atoms with Gasteiger partial charge >= 0.3 is 0 Å². The molecule has 0 radical (unpaired) electrons. The van der Waals surface area contributed by atoms with Crippen LogP contribution in [0.3, 0.4) is 0 Å². The zero-order valence-electron chi connectivity index (χ0n) is 14.7. The van der Waals surface area contributed by atoms with Crippen molar-refractivity contribution in [3.63, 3.8) is 0 Å². The van der Waals surface area contributed by atoms with Crippen molar-refractivity contribution in [2.24, 2.45) is 0 Å². The van der Waals surface area contributed by atoms with E-state index in [2.05, 4.69) is 49.8 Å². The molecule has 0 spiro atoms. The van der Waals surface area contributed by atoms with E-state index in [4.69, 9.17) is 10.5 Å². The maximum absolute atomic E-state index is 6.25. The van der Waals surface area contributed by atoms with Gasteiger partial charge in [-0.25, -0.2) is 4.52 Å². The van der Waals surface area contributed by atoms with Crippen molar-refractivity contribution in [3.8, 4) is 5.88 Å². The summed E-state index contributed by atoms with van der Waals surface area (Å²) in [5.41, 5.74) is 10.5. The number of pyridine rings is 1. The lowest BCUT2D eigenvalue weighted by atomic mass is 10.2. The van der Waals surface area contributed by atoms with Gasteiger partial charge in [0.15, 0.2) is 0 Å². The number of nitrogen functional groups attached to an aromatic ring is 1. The molecule has 2 heterocycles. The van der Waals surface area contributed by atoms with Gasteiger partial charge < -0.3 is 10.5 Å². The monoisotopic (exact) mass is 316 g/mol. The summed E-state index contributed by atoms with van der Waals surface area (Å²) in [4.78, 5) is 2.41. The molecule has 0 amide bonds. The van der Waals surface area contributed by atoms with Crippen LogP contribution in [-0.4, -0.2) is 39.7 Å². The van der Waals surface area contributed by atoms with Gasteiger partial charge in [0, 0.05) is 24.3 Å². The van der Waals surface area contributed by atoms with Crippen LogP contribution in [0.15, 0.2) is 12.1 Å². The fourth-order valence-electron chi connectivity index (χ4n) is 3.61. The highest BCUT2D eigenvalue weighted by atomic mass is 16.5. The van der Waals surface area contributed by atoms with Crippen LogP contribution in [-0.2, 0) is 12.8 Å². The van der Waals surface area contributed by atoms with E-state index < -0.39 is 0 Å². The Bertz CT molecular complexity index is 682. The largest absolute Gasteiger partial charge is 0.474 e. The van der Waals surface area contributed by atoms with Gasteiger partial charge in [-0.3, -0.25) is 4.90 Å². The number of nitrogens with two attached hydrogens (primary N) is 1. The summed E-state index contributed by atoms with van der Waals surface area (Å²) in [5.74, 6) is 0.567. The summed E-state index contributed by atoms with van der Waals surface area (Å²) < 4.78 is 7.90. The number of anilines is 1. The van der Waals surface area contributed by atoms with Crippen molar-refractivity contribution in [2.45, 2.75) is 59.0 Å². The van der Waals surface area contributed by atoms with Gasteiger partial charge in [0.25, 0.3) is 5.88 Å². The lowest BCUT2D eigenvalue weighted by Gasteiger charge is -2.30. The van der Waals surface area contributed by atoms with E-state index in [1.807, 2.05) is 4.52 Å². The number of aryl methyl sites for hydroxylation is 2. The summed E-state index contributed by atoms with van der Waals surface area (Å²) in [7, 11) is 0. The Morgan fingerprint density at radius 2 is 1.96 bits per heavy atom. The van der Waals surface area contributed by atoms with Gasteiger partial charge in [-0.1, -0.05) is 6.07 Å². The molecule has 2 aromatic heterocycles. The molecule has 5 nitrogen and oxygen atoms in total. The van der Waals surface area contributed by atoms with Gasteiger partial charge in [0.2, 0.25) is 0 Å². The first-order chi connectivity index (χ1) is 11.0. The summed E-state index contributed by atoms with van der Waals surface area (Å²) in [6, 6.07) is 5.24. The SMILES string of the molecule is CC(C)N(CCOc1nn2c3c(ccc2c1N)CCC3)C(C)C. The quantitative estimate of drug-likeness (QED) is 0.890. The first kappa shape index (κ1) is 16.1. The zero-order chi connectivity index (χ0) is 16.6. The van der Waals surface area contributed by atoms with E-state index in [1.165, 1.54) is 17.7 Å². The van der Waals surface area contributed by atoms with Gasteiger partial charge in [0.1, 0.15) is 12.3 Å². The number of hydrogen-bond donors (Lipinski definition) is 1. The topological polar surface area (TPSA) is 55.8 Å². The van der Waals surface area contributed by atoms with Crippen LogP contribution in [0.4, 0.5) is 5.69 Å². The van der Waals surface area contributed by atoms with Crippen molar-refractivity contribution in [1.82, 2.24) is 14.5 Å². The first-order valence-corrected chi connectivity index (χ1v) is 8.66. The standard InChI is InChI=1S/C18H28N4O/c1-12(2)21(13(3)4)10-11-23-18-17(19)16-9-8-14-6-5-7-15(14)22(16)20-18/h8-9,12-13H,5-7,10-11,19H2,1-4H3. The third-order valence-electron chi connectivity index (χ3n) is 4.77. The molecule has 0 aromatic carbocycles. The highest BCUT2D eigenvalue weighted by molar-refractivity contribution is 5.75. The molecule has 0 saturated heterocycles.